The zero-order chi connectivity index (χ0) is 19.1. The molecule has 1 saturated carbocycles. The average Bonchev–Trinajstić information content (AvgIpc) is 2.69. The standard InChI is InChI=1S/C21H32FN3O2/c1-2-23-20(25-18-6-8-19(26)9-7-18)24-15-21(10-12-27-13-11-21)16-4-3-5-17(22)14-16/h3-5,14,18-19,26H,2,6-13,15H2,1H3,(H2,23,24,25). The smallest absolute Gasteiger partial charge is 0.191 e. The number of hydrogen-bond acceptors (Lipinski definition) is 3. The summed E-state index contributed by atoms with van der Waals surface area (Å²) < 4.78 is 19.4. The Bertz CT molecular complexity index is 624. The van der Waals surface area contributed by atoms with Crippen molar-refractivity contribution in [3.05, 3.63) is 35.6 Å². The molecule has 1 heterocycles. The molecule has 6 heteroatoms. The number of rotatable bonds is 5. The van der Waals surface area contributed by atoms with Crippen molar-refractivity contribution in [1.29, 1.82) is 0 Å². The minimum absolute atomic E-state index is 0.166. The van der Waals surface area contributed by atoms with E-state index in [4.69, 9.17) is 9.73 Å². The van der Waals surface area contributed by atoms with E-state index in [1.165, 1.54) is 6.07 Å². The number of benzene rings is 1. The molecule has 0 unspecified atom stereocenters. The van der Waals surface area contributed by atoms with Gasteiger partial charge in [0.2, 0.25) is 0 Å². The van der Waals surface area contributed by atoms with E-state index in [0.717, 1.165) is 56.6 Å². The first kappa shape index (κ1) is 20.1. The Hall–Kier alpha value is -1.66. The molecule has 3 rings (SSSR count). The van der Waals surface area contributed by atoms with Crippen molar-refractivity contribution in [2.45, 2.75) is 63.0 Å². The van der Waals surface area contributed by atoms with Crippen molar-refractivity contribution in [1.82, 2.24) is 10.6 Å². The average molecular weight is 378 g/mol. The third-order valence-electron chi connectivity index (χ3n) is 5.81. The summed E-state index contributed by atoms with van der Waals surface area (Å²) in [5.41, 5.74) is 0.817. The van der Waals surface area contributed by atoms with Crippen LogP contribution in [-0.2, 0) is 10.2 Å². The Kier molecular flexibility index (Phi) is 7.07. The van der Waals surface area contributed by atoms with E-state index >= 15 is 0 Å². The van der Waals surface area contributed by atoms with Gasteiger partial charge in [0, 0.05) is 31.2 Å². The third kappa shape index (κ3) is 5.42. The fraction of sp³-hybridized carbons (Fsp3) is 0.667. The van der Waals surface area contributed by atoms with Gasteiger partial charge < -0.3 is 20.5 Å². The lowest BCUT2D eigenvalue weighted by Crippen LogP contribution is -2.46. The zero-order valence-corrected chi connectivity index (χ0v) is 16.2. The molecule has 0 aromatic heterocycles. The predicted molar refractivity (Wildman–Crippen MR) is 106 cm³/mol. The van der Waals surface area contributed by atoms with Crippen LogP contribution < -0.4 is 10.6 Å². The quantitative estimate of drug-likeness (QED) is 0.545. The van der Waals surface area contributed by atoms with Crippen LogP contribution in [0.1, 0.15) is 51.0 Å². The van der Waals surface area contributed by atoms with E-state index in [1.54, 1.807) is 12.1 Å². The fourth-order valence-corrected chi connectivity index (χ4v) is 4.08. The summed E-state index contributed by atoms with van der Waals surface area (Å²) >= 11 is 0. The molecule has 1 aromatic carbocycles. The summed E-state index contributed by atoms with van der Waals surface area (Å²) in [5.74, 6) is 0.606. The van der Waals surface area contributed by atoms with Crippen molar-refractivity contribution in [3.8, 4) is 0 Å². The van der Waals surface area contributed by atoms with E-state index in [-0.39, 0.29) is 17.3 Å². The molecule has 3 N–H and O–H groups in total. The molecule has 0 atom stereocenters. The lowest BCUT2D eigenvalue weighted by atomic mass is 9.74. The number of halogens is 1. The van der Waals surface area contributed by atoms with Gasteiger partial charge in [-0.2, -0.15) is 0 Å². The van der Waals surface area contributed by atoms with Crippen LogP contribution in [0.15, 0.2) is 29.3 Å². The van der Waals surface area contributed by atoms with Crippen molar-refractivity contribution >= 4 is 5.96 Å². The minimum Gasteiger partial charge on any atom is -0.393 e. The van der Waals surface area contributed by atoms with E-state index in [9.17, 15) is 9.50 Å². The van der Waals surface area contributed by atoms with Gasteiger partial charge in [0.15, 0.2) is 5.96 Å². The molecule has 0 amide bonds. The fourth-order valence-electron chi connectivity index (χ4n) is 4.08. The number of aliphatic hydroxyl groups is 1. The molecule has 0 bridgehead atoms. The monoisotopic (exact) mass is 377 g/mol. The van der Waals surface area contributed by atoms with Gasteiger partial charge in [-0.3, -0.25) is 4.99 Å². The molecule has 150 valence electrons. The highest BCUT2D eigenvalue weighted by molar-refractivity contribution is 5.80. The summed E-state index contributed by atoms with van der Waals surface area (Å²) in [6.45, 7) is 4.80. The topological polar surface area (TPSA) is 65.9 Å². The summed E-state index contributed by atoms with van der Waals surface area (Å²) in [6, 6.07) is 7.26. The molecule has 1 saturated heterocycles. The second kappa shape index (κ2) is 9.51. The summed E-state index contributed by atoms with van der Waals surface area (Å²) in [6.07, 6.45) is 5.09. The third-order valence-corrected chi connectivity index (χ3v) is 5.81. The summed E-state index contributed by atoms with van der Waals surface area (Å²) in [5, 5.41) is 16.6. The number of ether oxygens (including phenoxy) is 1. The highest BCUT2D eigenvalue weighted by Gasteiger charge is 2.35. The van der Waals surface area contributed by atoms with Crippen LogP contribution in [0.3, 0.4) is 0 Å². The van der Waals surface area contributed by atoms with Crippen molar-refractivity contribution in [2.75, 3.05) is 26.3 Å². The van der Waals surface area contributed by atoms with Gasteiger partial charge in [-0.1, -0.05) is 12.1 Å². The molecule has 1 aliphatic carbocycles. The highest BCUT2D eigenvalue weighted by Crippen LogP contribution is 2.35. The molecule has 27 heavy (non-hydrogen) atoms. The van der Waals surface area contributed by atoms with Crippen molar-refractivity contribution < 1.29 is 14.2 Å². The van der Waals surface area contributed by atoms with E-state index in [1.807, 2.05) is 6.07 Å². The lowest BCUT2D eigenvalue weighted by Gasteiger charge is -2.37. The second-order valence-corrected chi connectivity index (χ2v) is 7.75. The van der Waals surface area contributed by atoms with Crippen molar-refractivity contribution in [3.63, 3.8) is 0 Å². The molecule has 0 spiro atoms. The number of aliphatic hydroxyl groups excluding tert-OH is 1. The van der Waals surface area contributed by atoms with Crippen LogP contribution in [-0.4, -0.2) is 49.5 Å². The van der Waals surface area contributed by atoms with Gasteiger partial charge in [-0.25, -0.2) is 4.39 Å². The summed E-state index contributed by atoms with van der Waals surface area (Å²) in [7, 11) is 0. The van der Waals surface area contributed by atoms with Crippen LogP contribution in [0.5, 0.6) is 0 Å². The van der Waals surface area contributed by atoms with E-state index in [0.29, 0.717) is 25.8 Å². The van der Waals surface area contributed by atoms with Gasteiger partial charge in [-0.05, 0) is 63.1 Å². The molecular formula is C21H32FN3O2. The lowest BCUT2D eigenvalue weighted by molar-refractivity contribution is 0.0530. The second-order valence-electron chi connectivity index (χ2n) is 7.75. The van der Waals surface area contributed by atoms with Crippen LogP contribution in [0, 0.1) is 5.82 Å². The molecule has 5 nitrogen and oxygen atoms in total. The molecule has 0 radical (unpaired) electrons. The van der Waals surface area contributed by atoms with Crippen LogP contribution >= 0.6 is 0 Å². The normalized spacial score (nSPS) is 25.8. The highest BCUT2D eigenvalue weighted by atomic mass is 19.1. The Morgan fingerprint density at radius 3 is 2.67 bits per heavy atom. The molecule has 1 aliphatic heterocycles. The van der Waals surface area contributed by atoms with Gasteiger partial charge in [-0.15, -0.1) is 0 Å². The zero-order valence-electron chi connectivity index (χ0n) is 16.2. The maximum absolute atomic E-state index is 13.8. The maximum atomic E-state index is 13.8. The minimum atomic E-state index is -0.201. The number of guanidine groups is 1. The van der Waals surface area contributed by atoms with Gasteiger partial charge >= 0.3 is 0 Å². The van der Waals surface area contributed by atoms with Crippen molar-refractivity contribution in [2.24, 2.45) is 4.99 Å². The number of hydrogen-bond donors (Lipinski definition) is 3. The Morgan fingerprint density at radius 1 is 1.26 bits per heavy atom. The SMILES string of the molecule is CCNC(=NCC1(c2cccc(F)c2)CCOCC1)NC1CCC(O)CC1. The Labute approximate surface area is 161 Å². The van der Waals surface area contributed by atoms with Gasteiger partial charge in [0.1, 0.15) is 5.82 Å². The number of nitrogens with zero attached hydrogens (tertiary/aromatic N) is 1. The maximum Gasteiger partial charge on any atom is 0.191 e. The largest absolute Gasteiger partial charge is 0.393 e. The van der Waals surface area contributed by atoms with Crippen LogP contribution in [0.25, 0.3) is 0 Å². The Morgan fingerprint density at radius 2 is 2.00 bits per heavy atom. The van der Waals surface area contributed by atoms with Gasteiger partial charge in [0.25, 0.3) is 0 Å². The van der Waals surface area contributed by atoms with E-state index in [2.05, 4.69) is 17.6 Å². The molecular weight excluding hydrogens is 345 g/mol. The first-order valence-electron chi connectivity index (χ1n) is 10.2. The first-order chi connectivity index (χ1) is 13.1. The molecule has 2 aliphatic rings. The summed E-state index contributed by atoms with van der Waals surface area (Å²) in [4.78, 5) is 4.88. The number of aliphatic imine (C=N–C) groups is 1. The molecule has 2 fully saturated rings. The van der Waals surface area contributed by atoms with E-state index < -0.39 is 0 Å². The first-order valence-corrected chi connectivity index (χ1v) is 10.2. The van der Waals surface area contributed by atoms with Crippen LogP contribution in [0.2, 0.25) is 0 Å². The molecule has 1 aromatic rings. The Balaban J connectivity index is 1.74. The van der Waals surface area contributed by atoms with Crippen LogP contribution in [0.4, 0.5) is 4.39 Å². The predicted octanol–water partition coefficient (Wildman–Crippen LogP) is 2.73. The number of nitrogens with one attached hydrogen (secondary N) is 2. The van der Waals surface area contributed by atoms with Gasteiger partial charge in [0.05, 0.1) is 12.6 Å².